The first-order chi connectivity index (χ1) is 12.9. The van der Waals surface area contributed by atoms with Crippen molar-refractivity contribution in [1.29, 1.82) is 0 Å². The summed E-state index contributed by atoms with van der Waals surface area (Å²) in [5.74, 6) is 0.497. The molecule has 0 heterocycles. The van der Waals surface area contributed by atoms with Crippen LogP contribution in [0, 0.1) is 55.4 Å². The molecule has 0 saturated carbocycles. The molecular weight excluding hydrogens is 615 g/mol. The van der Waals surface area contributed by atoms with Gasteiger partial charge in [-0.05, 0) is 107 Å². The van der Waals surface area contributed by atoms with E-state index in [4.69, 9.17) is 4.99 Å². The topological polar surface area (TPSA) is 52.8 Å². The monoisotopic (exact) mass is 644 g/mol. The summed E-state index contributed by atoms with van der Waals surface area (Å²) in [7, 11) is 0.628. The Morgan fingerprint density at radius 2 is 1.00 bits per heavy atom. The Balaban J connectivity index is 0.00000122. The van der Waals surface area contributed by atoms with Crippen LogP contribution < -0.4 is 0 Å². The number of hydrogen-bond acceptors (Lipinski definition) is 3. The van der Waals surface area contributed by atoms with Crippen molar-refractivity contribution in [2.45, 2.75) is 62.3 Å². The van der Waals surface area contributed by atoms with Gasteiger partial charge in [0.2, 0.25) is 0 Å². The molecule has 0 spiro atoms. The predicted molar refractivity (Wildman–Crippen MR) is 134 cm³/mol. The first kappa shape index (κ1) is 25.8. The maximum absolute atomic E-state index is 10.7. The van der Waals surface area contributed by atoms with Crippen LogP contribution in [0.2, 0.25) is 0 Å². The summed E-state index contributed by atoms with van der Waals surface area (Å²) in [4.78, 5) is 4.73. The number of benzene rings is 2. The second-order valence-electron chi connectivity index (χ2n) is 7.18. The van der Waals surface area contributed by atoms with Gasteiger partial charge in [-0.2, -0.15) is 0 Å². The van der Waals surface area contributed by atoms with Gasteiger partial charge in [0.15, 0.2) is 0 Å². The fourth-order valence-corrected chi connectivity index (χ4v) is 3.37. The predicted octanol–water partition coefficient (Wildman–Crippen LogP) is 7.47. The van der Waals surface area contributed by atoms with Gasteiger partial charge in [-0.15, -0.1) is 0 Å². The summed E-state index contributed by atoms with van der Waals surface area (Å²) in [6.07, 6.45) is 0. The Morgan fingerprint density at radius 1 is 0.643 bits per heavy atom. The zero-order valence-corrected chi connectivity index (χ0v) is 23.8. The molecule has 0 aliphatic heterocycles. The van der Waals surface area contributed by atoms with Crippen molar-refractivity contribution in [1.82, 2.24) is 0 Å². The number of rotatable bonds is 2. The number of hydrogen-bond donors (Lipinski definition) is 2. The van der Waals surface area contributed by atoms with Gasteiger partial charge in [0.05, 0.1) is 0 Å². The van der Waals surface area contributed by atoms with Crippen molar-refractivity contribution in [3.05, 3.63) is 50.1 Å². The van der Waals surface area contributed by atoms with Crippen molar-refractivity contribution in [3.63, 3.8) is 0 Å². The van der Waals surface area contributed by atoms with Crippen LogP contribution in [0.4, 0.5) is 5.69 Å². The Labute approximate surface area is 198 Å². The van der Waals surface area contributed by atoms with E-state index in [1.807, 2.05) is 55.4 Å². The number of aliphatic imine (C=N–C) groups is 1. The number of phenolic OH excluding ortho intramolecular Hbond substituents is 2. The van der Waals surface area contributed by atoms with Crippen LogP contribution >= 0.6 is 40.0 Å². The third kappa shape index (κ3) is 5.08. The molecule has 3 nitrogen and oxygen atoms in total. The minimum atomic E-state index is 0.220. The number of phenols is 2. The molecule has 0 radical (unpaired) electrons. The average molecular weight is 644 g/mol. The molecule has 153 valence electrons. The van der Waals surface area contributed by atoms with Crippen molar-refractivity contribution in [3.8, 4) is 11.5 Å². The summed E-state index contributed by atoms with van der Waals surface area (Å²) in [6.45, 7) is 17.9. The van der Waals surface area contributed by atoms with E-state index in [9.17, 15) is 10.2 Å². The molecule has 2 N–H and O–H groups in total. The molecule has 28 heavy (non-hydrogen) atoms. The fourth-order valence-electron chi connectivity index (χ4n) is 3.37. The van der Waals surface area contributed by atoms with Crippen molar-refractivity contribution >= 4 is 51.4 Å². The molecule has 0 amide bonds. The molecule has 0 aliphatic carbocycles. The molecule has 0 atom stereocenters. The summed E-state index contributed by atoms with van der Waals surface area (Å²) in [5, 5.41) is 21.3. The Bertz CT molecular complexity index is 879. The zero-order valence-electron chi connectivity index (χ0n) is 18.0. The van der Waals surface area contributed by atoms with E-state index < -0.39 is 0 Å². The van der Waals surface area contributed by atoms with E-state index >= 15 is 0 Å². The third-order valence-corrected chi connectivity index (χ3v) is 5.92. The van der Waals surface area contributed by atoms with Crippen LogP contribution in [0.15, 0.2) is 4.99 Å². The molecular formula is C22H29I2NO2V. The molecule has 0 unspecified atom stereocenters. The van der Waals surface area contributed by atoms with Crippen molar-refractivity contribution in [2.24, 2.45) is 4.99 Å². The van der Waals surface area contributed by atoms with E-state index in [1.54, 1.807) is 0 Å². The zero-order chi connectivity index (χ0) is 21.9. The SMILES string of the molecule is CC(=Nc1c(C)c(C)c(C)c(C)c1O)c1c(C)c(C)c(C)c(C)c1O.[I][V][I]. The van der Waals surface area contributed by atoms with Crippen LogP contribution in [0.25, 0.3) is 0 Å². The molecule has 6 heteroatoms. The van der Waals surface area contributed by atoms with Gasteiger partial charge in [-0.25, -0.2) is 4.99 Å². The number of nitrogens with zero attached hydrogens (tertiary/aromatic N) is 1. The number of aromatic hydroxyl groups is 2. The molecule has 2 aromatic rings. The van der Waals surface area contributed by atoms with Crippen molar-refractivity contribution < 1.29 is 19.7 Å². The van der Waals surface area contributed by atoms with Crippen LogP contribution in [0.5, 0.6) is 11.5 Å². The van der Waals surface area contributed by atoms with E-state index in [2.05, 4.69) is 46.9 Å². The second-order valence-corrected chi connectivity index (χ2v) is 19.0. The second kappa shape index (κ2) is 10.7. The van der Waals surface area contributed by atoms with Crippen LogP contribution in [-0.4, -0.2) is 15.9 Å². The van der Waals surface area contributed by atoms with Gasteiger partial charge >= 0.3 is 49.4 Å². The standard InChI is InChI=1S/C22H29NO2.2HI.V/c1-10-12(3)16(7)21(24)19(14(10)5)18(9)23-20-15(6)11(2)13(4)17(8)22(20)25;;;/h24-25H,1-9H3;2*1H;/q;;;+2/p-2. The summed E-state index contributed by atoms with van der Waals surface area (Å²) in [5.41, 5.74) is 10.3. The van der Waals surface area contributed by atoms with Crippen molar-refractivity contribution in [2.75, 3.05) is 0 Å². The maximum atomic E-state index is 10.7. The minimum absolute atomic E-state index is 0.220. The quantitative estimate of drug-likeness (QED) is 0.264. The Morgan fingerprint density at radius 3 is 1.46 bits per heavy atom. The van der Waals surface area contributed by atoms with E-state index in [0.29, 0.717) is 20.9 Å². The summed E-state index contributed by atoms with van der Waals surface area (Å²) >= 11 is 4.74. The normalized spacial score (nSPS) is 11.2. The van der Waals surface area contributed by atoms with Crippen LogP contribution in [0.1, 0.15) is 57.0 Å². The third-order valence-electron chi connectivity index (χ3n) is 5.92. The van der Waals surface area contributed by atoms with Gasteiger partial charge in [-0.1, -0.05) is 0 Å². The molecule has 2 rings (SSSR count). The Kier molecular flexibility index (Phi) is 9.84. The molecule has 0 bridgehead atoms. The van der Waals surface area contributed by atoms with Gasteiger partial charge < -0.3 is 10.2 Å². The van der Waals surface area contributed by atoms with Gasteiger partial charge in [0.25, 0.3) is 0 Å². The molecule has 0 fully saturated rings. The average Bonchev–Trinajstić information content (AvgIpc) is 2.65. The van der Waals surface area contributed by atoms with E-state index in [0.717, 1.165) is 50.1 Å². The van der Waals surface area contributed by atoms with Gasteiger partial charge in [0.1, 0.15) is 17.2 Å². The number of halogens is 2. The fraction of sp³-hybridized carbons (Fsp3) is 0.409. The molecule has 2 aromatic carbocycles. The molecule has 0 saturated heterocycles. The van der Waals surface area contributed by atoms with E-state index in [1.165, 1.54) is 0 Å². The van der Waals surface area contributed by atoms with Crippen LogP contribution in [-0.2, 0) is 9.47 Å². The van der Waals surface area contributed by atoms with E-state index in [-0.39, 0.29) is 11.5 Å². The first-order valence-corrected chi connectivity index (χ1v) is 18.0. The molecule has 0 aromatic heterocycles. The van der Waals surface area contributed by atoms with Crippen LogP contribution in [0.3, 0.4) is 0 Å². The summed E-state index contributed by atoms with van der Waals surface area (Å²) in [6, 6.07) is 0. The first-order valence-electron chi connectivity index (χ1n) is 8.98. The Hall–Kier alpha value is -0.246. The molecule has 0 aliphatic rings. The van der Waals surface area contributed by atoms with Gasteiger partial charge in [-0.3, -0.25) is 0 Å². The summed E-state index contributed by atoms with van der Waals surface area (Å²) < 4.78 is 0. The van der Waals surface area contributed by atoms with Gasteiger partial charge in [0, 0.05) is 11.3 Å².